The molecule has 0 amide bonds. The second kappa shape index (κ2) is 4.33. The monoisotopic (exact) mass is 180 g/mol. The summed E-state index contributed by atoms with van der Waals surface area (Å²) in [5.41, 5.74) is 0. The van der Waals surface area contributed by atoms with Crippen LogP contribution in [-0.2, 0) is 19.4 Å². The Morgan fingerprint density at radius 3 is 2.36 bits per heavy atom. The van der Waals surface area contributed by atoms with Gasteiger partial charge in [0, 0.05) is 13.2 Å². The van der Waals surface area contributed by atoms with E-state index in [4.69, 9.17) is 0 Å². The van der Waals surface area contributed by atoms with Gasteiger partial charge >= 0.3 is 5.97 Å². The van der Waals surface area contributed by atoms with E-state index in [1.807, 2.05) is 0 Å². The number of ether oxygens (including phenoxy) is 1. The zero-order valence-electron chi connectivity index (χ0n) is 6.66. The van der Waals surface area contributed by atoms with E-state index >= 15 is 0 Å². The summed E-state index contributed by atoms with van der Waals surface area (Å²) in [6.07, 6.45) is 1.53. The average Bonchev–Trinajstić information content (AvgIpc) is 1.78. The predicted molar refractivity (Wildman–Crippen MR) is 41.0 cm³/mol. The minimum atomic E-state index is -2.91. The van der Waals surface area contributed by atoms with Gasteiger partial charge in [0.1, 0.15) is 9.84 Å². The molecule has 0 fully saturated rings. The lowest BCUT2D eigenvalue weighted by Crippen LogP contribution is -2.08. The van der Waals surface area contributed by atoms with Crippen LogP contribution < -0.4 is 0 Å². The van der Waals surface area contributed by atoms with Gasteiger partial charge in [-0.2, -0.15) is 0 Å². The Bertz CT molecular complexity index is 217. The van der Waals surface area contributed by atoms with Crippen molar-refractivity contribution in [2.45, 2.75) is 13.3 Å². The van der Waals surface area contributed by atoms with E-state index in [9.17, 15) is 13.2 Å². The second-order valence-electron chi connectivity index (χ2n) is 2.32. The molecular weight excluding hydrogens is 168 g/mol. The van der Waals surface area contributed by atoms with Crippen LogP contribution in [0.15, 0.2) is 0 Å². The van der Waals surface area contributed by atoms with E-state index in [-0.39, 0.29) is 18.3 Å². The summed E-state index contributed by atoms with van der Waals surface area (Å²) in [7, 11) is -2.91. The third-order valence-electron chi connectivity index (χ3n) is 0.965. The molecular formula is C6H12O4S. The Morgan fingerprint density at radius 2 is 2.00 bits per heavy atom. The number of hydrogen-bond donors (Lipinski definition) is 0. The molecule has 0 saturated heterocycles. The van der Waals surface area contributed by atoms with Crippen molar-refractivity contribution in [2.75, 3.05) is 18.6 Å². The molecule has 0 aromatic carbocycles. The van der Waals surface area contributed by atoms with Crippen molar-refractivity contribution in [3.63, 3.8) is 0 Å². The fourth-order valence-corrected chi connectivity index (χ4v) is 1.18. The van der Waals surface area contributed by atoms with Crippen LogP contribution in [0, 0.1) is 0 Å². The zero-order chi connectivity index (χ0) is 8.91. The van der Waals surface area contributed by atoms with Crippen LogP contribution in [-0.4, -0.2) is 33.0 Å². The van der Waals surface area contributed by atoms with E-state index in [1.165, 1.54) is 6.92 Å². The highest BCUT2D eigenvalue weighted by Gasteiger charge is 2.01. The lowest BCUT2D eigenvalue weighted by molar-refractivity contribution is -0.140. The molecule has 0 aliphatic rings. The van der Waals surface area contributed by atoms with Gasteiger partial charge < -0.3 is 4.74 Å². The van der Waals surface area contributed by atoms with E-state index < -0.39 is 9.84 Å². The minimum absolute atomic E-state index is 0.0697. The summed E-state index contributed by atoms with van der Waals surface area (Å²) in [6, 6.07) is 0. The first-order valence-corrected chi connectivity index (χ1v) is 5.29. The van der Waals surface area contributed by atoms with E-state index in [2.05, 4.69) is 4.74 Å². The van der Waals surface area contributed by atoms with Gasteiger partial charge in [0.15, 0.2) is 0 Å². The maximum Gasteiger partial charge on any atom is 0.302 e. The molecule has 0 heterocycles. The number of esters is 1. The quantitative estimate of drug-likeness (QED) is 0.451. The Labute approximate surface area is 66.5 Å². The molecule has 0 aliphatic heterocycles. The summed E-state index contributed by atoms with van der Waals surface area (Å²) < 4.78 is 25.6. The maximum atomic E-state index is 10.5. The van der Waals surface area contributed by atoms with Crippen molar-refractivity contribution in [1.29, 1.82) is 0 Å². The van der Waals surface area contributed by atoms with Gasteiger partial charge in [0.05, 0.1) is 12.4 Å². The van der Waals surface area contributed by atoms with Gasteiger partial charge in [-0.15, -0.1) is 0 Å². The van der Waals surface area contributed by atoms with Gasteiger partial charge in [-0.05, 0) is 6.42 Å². The molecule has 0 saturated carbocycles. The van der Waals surface area contributed by atoms with Crippen molar-refractivity contribution in [1.82, 2.24) is 0 Å². The normalized spacial score (nSPS) is 11.1. The largest absolute Gasteiger partial charge is 0.466 e. The van der Waals surface area contributed by atoms with E-state index in [1.54, 1.807) is 0 Å². The third-order valence-corrected chi connectivity index (χ3v) is 2.00. The number of hydrogen-bond acceptors (Lipinski definition) is 4. The Kier molecular flexibility index (Phi) is 4.10. The SMILES string of the molecule is CC(=O)OCCCS(C)(=O)=O. The van der Waals surface area contributed by atoms with Crippen molar-refractivity contribution in [3.8, 4) is 0 Å². The summed E-state index contributed by atoms with van der Waals surface area (Å²) in [4.78, 5) is 10.2. The molecule has 0 aliphatic carbocycles. The lowest BCUT2D eigenvalue weighted by atomic mass is 10.5. The highest BCUT2D eigenvalue weighted by molar-refractivity contribution is 7.90. The minimum Gasteiger partial charge on any atom is -0.466 e. The first-order valence-electron chi connectivity index (χ1n) is 3.23. The van der Waals surface area contributed by atoms with Gasteiger partial charge in [-0.3, -0.25) is 4.79 Å². The second-order valence-corrected chi connectivity index (χ2v) is 4.58. The van der Waals surface area contributed by atoms with Crippen molar-refractivity contribution in [2.24, 2.45) is 0 Å². The molecule has 4 nitrogen and oxygen atoms in total. The van der Waals surface area contributed by atoms with Crippen LogP contribution >= 0.6 is 0 Å². The van der Waals surface area contributed by atoms with Crippen molar-refractivity contribution < 1.29 is 17.9 Å². The maximum absolute atomic E-state index is 10.5. The molecule has 0 rings (SSSR count). The molecule has 0 unspecified atom stereocenters. The smallest absolute Gasteiger partial charge is 0.302 e. The van der Waals surface area contributed by atoms with Crippen LogP contribution in [0.5, 0.6) is 0 Å². The highest BCUT2D eigenvalue weighted by atomic mass is 32.2. The van der Waals surface area contributed by atoms with Crippen molar-refractivity contribution >= 4 is 15.8 Å². The fourth-order valence-electron chi connectivity index (χ4n) is 0.537. The molecule has 5 heteroatoms. The summed E-state index contributed by atoms with van der Waals surface area (Å²) in [5, 5.41) is 0. The molecule has 0 atom stereocenters. The van der Waals surface area contributed by atoms with Gasteiger partial charge in [0.2, 0.25) is 0 Å². The third kappa shape index (κ3) is 9.42. The van der Waals surface area contributed by atoms with Crippen LogP contribution in [0.2, 0.25) is 0 Å². The first kappa shape index (κ1) is 10.4. The Morgan fingerprint density at radius 1 is 1.45 bits per heavy atom. The number of rotatable bonds is 4. The highest BCUT2D eigenvalue weighted by Crippen LogP contribution is 1.89. The molecule has 0 bridgehead atoms. The van der Waals surface area contributed by atoms with Gasteiger partial charge in [0.25, 0.3) is 0 Å². The molecule has 11 heavy (non-hydrogen) atoms. The van der Waals surface area contributed by atoms with Crippen LogP contribution in [0.25, 0.3) is 0 Å². The molecule has 0 aromatic heterocycles. The van der Waals surface area contributed by atoms with Gasteiger partial charge in [-0.1, -0.05) is 0 Å². The standard InChI is InChI=1S/C6H12O4S/c1-6(7)10-4-3-5-11(2,8)9/h3-5H2,1-2H3. The summed E-state index contributed by atoms with van der Waals surface area (Å²) in [6.45, 7) is 1.48. The van der Waals surface area contributed by atoms with Gasteiger partial charge in [-0.25, -0.2) is 8.42 Å². The van der Waals surface area contributed by atoms with E-state index in [0.717, 1.165) is 6.26 Å². The molecule has 66 valence electrons. The fraction of sp³-hybridized carbons (Fsp3) is 0.833. The van der Waals surface area contributed by atoms with Crippen LogP contribution in [0.3, 0.4) is 0 Å². The van der Waals surface area contributed by atoms with Crippen molar-refractivity contribution in [3.05, 3.63) is 0 Å². The summed E-state index contributed by atoms with van der Waals surface area (Å²) in [5.74, 6) is -0.307. The lowest BCUT2D eigenvalue weighted by Gasteiger charge is -1.99. The van der Waals surface area contributed by atoms with E-state index in [0.29, 0.717) is 6.42 Å². The number of sulfone groups is 1. The van der Waals surface area contributed by atoms with Crippen LogP contribution in [0.1, 0.15) is 13.3 Å². The predicted octanol–water partition coefficient (Wildman–Crippen LogP) is -0.0158. The molecule has 0 N–H and O–H groups in total. The topological polar surface area (TPSA) is 60.4 Å². The van der Waals surface area contributed by atoms with Crippen LogP contribution in [0.4, 0.5) is 0 Å². The Hall–Kier alpha value is -0.580. The first-order chi connectivity index (χ1) is 4.92. The Balaban J connectivity index is 3.37. The molecule has 0 spiro atoms. The zero-order valence-corrected chi connectivity index (χ0v) is 7.48. The molecule has 0 radical (unpaired) electrons. The molecule has 0 aromatic rings. The number of carbonyl (C=O) groups excluding carboxylic acids is 1. The number of carbonyl (C=O) groups is 1. The summed E-state index contributed by atoms with van der Waals surface area (Å²) >= 11 is 0. The average molecular weight is 180 g/mol.